The van der Waals surface area contributed by atoms with Crippen molar-refractivity contribution in [2.24, 2.45) is 5.92 Å². The van der Waals surface area contributed by atoms with E-state index in [1.54, 1.807) is 36.9 Å². The molecule has 2 unspecified atom stereocenters. The second kappa shape index (κ2) is 8.99. The topological polar surface area (TPSA) is 55.8 Å². The van der Waals surface area contributed by atoms with Crippen LogP contribution in [0.4, 0.5) is 0 Å². The lowest BCUT2D eigenvalue weighted by atomic mass is 10.1. The molecular formula is C16H21Cl2NO4. The highest BCUT2D eigenvalue weighted by Gasteiger charge is 2.25. The van der Waals surface area contributed by atoms with Gasteiger partial charge < -0.3 is 14.4 Å². The van der Waals surface area contributed by atoms with Crippen LogP contribution >= 0.6 is 23.2 Å². The van der Waals surface area contributed by atoms with Crippen LogP contribution < -0.4 is 4.74 Å². The molecule has 0 aliphatic carbocycles. The molecule has 1 amide bonds. The molecule has 0 aliphatic heterocycles. The minimum absolute atomic E-state index is 0.228. The van der Waals surface area contributed by atoms with E-state index < -0.39 is 12.0 Å². The zero-order chi connectivity index (χ0) is 17.6. The van der Waals surface area contributed by atoms with Crippen LogP contribution in [-0.4, -0.2) is 43.1 Å². The minimum atomic E-state index is -0.738. The number of esters is 1. The number of hydrogen-bond donors (Lipinski definition) is 0. The minimum Gasteiger partial charge on any atom is -0.479 e. The molecule has 0 heterocycles. The summed E-state index contributed by atoms with van der Waals surface area (Å²) in [5, 5.41) is 0.826. The summed E-state index contributed by atoms with van der Waals surface area (Å²) in [6.45, 7) is 5.91. The maximum absolute atomic E-state index is 12.5. The number of methoxy groups -OCH3 is 1. The molecule has 0 bridgehead atoms. The highest BCUT2D eigenvalue weighted by molar-refractivity contribution is 6.35. The molecule has 128 valence electrons. The van der Waals surface area contributed by atoms with E-state index in [1.165, 1.54) is 7.11 Å². The van der Waals surface area contributed by atoms with Gasteiger partial charge in [-0.05, 0) is 32.0 Å². The van der Waals surface area contributed by atoms with Crippen LogP contribution in [0.25, 0.3) is 0 Å². The van der Waals surface area contributed by atoms with Gasteiger partial charge >= 0.3 is 5.97 Å². The van der Waals surface area contributed by atoms with Crippen molar-refractivity contribution in [2.45, 2.75) is 26.9 Å². The van der Waals surface area contributed by atoms with Crippen molar-refractivity contribution in [3.8, 4) is 5.75 Å². The molecular weight excluding hydrogens is 341 g/mol. The van der Waals surface area contributed by atoms with E-state index >= 15 is 0 Å². The zero-order valence-electron chi connectivity index (χ0n) is 13.6. The summed E-state index contributed by atoms with van der Waals surface area (Å²) >= 11 is 11.9. The Kier molecular flexibility index (Phi) is 7.65. The molecule has 1 aromatic rings. The van der Waals surface area contributed by atoms with Gasteiger partial charge in [0, 0.05) is 18.1 Å². The van der Waals surface area contributed by atoms with Gasteiger partial charge in [0.25, 0.3) is 5.91 Å². The molecule has 0 saturated heterocycles. The van der Waals surface area contributed by atoms with E-state index in [1.807, 2.05) is 6.92 Å². The van der Waals surface area contributed by atoms with Crippen molar-refractivity contribution in [1.29, 1.82) is 0 Å². The van der Waals surface area contributed by atoms with Crippen molar-refractivity contribution in [3.05, 3.63) is 28.2 Å². The van der Waals surface area contributed by atoms with Gasteiger partial charge in [-0.3, -0.25) is 9.59 Å². The lowest BCUT2D eigenvalue weighted by Gasteiger charge is -2.26. The standard InChI is InChI=1S/C16H21Cl2NO4/c1-5-19(9-10(2)16(21)22-4)15(20)11(3)23-14-7-6-12(17)8-13(14)18/h6-8,10-11H,5,9H2,1-4H3. The first-order valence-electron chi connectivity index (χ1n) is 7.28. The lowest BCUT2D eigenvalue weighted by molar-refractivity contribution is -0.147. The molecule has 0 radical (unpaired) electrons. The molecule has 5 nitrogen and oxygen atoms in total. The van der Waals surface area contributed by atoms with Gasteiger partial charge in [-0.25, -0.2) is 0 Å². The summed E-state index contributed by atoms with van der Waals surface area (Å²) in [4.78, 5) is 25.5. The molecule has 7 heteroatoms. The van der Waals surface area contributed by atoms with E-state index in [4.69, 9.17) is 27.9 Å². The quantitative estimate of drug-likeness (QED) is 0.698. The van der Waals surface area contributed by atoms with Gasteiger partial charge in [0.1, 0.15) is 5.75 Å². The van der Waals surface area contributed by atoms with Crippen LogP contribution in [0.3, 0.4) is 0 Å². The smallest absolute Gasteiger partial charge is 0.310 e. The van der Waals surface area contributed by atoms with Gasteiger partial charge in [0.05, 0.1) is 18.1 Å². The summed E-state index contributed by atoms with van der Waals surface area (Å²) < 4.78 is 10.3. The molecule has 23 heavy (non-hydrogen) atoms. The molecule has 0 fully saturated rings. The van der Waals surface area contributed by atoms with Crippen LogP contribution in [-0.2, 0) is 14.3 Å². The van der Waals surface area contributed by atoms with E-state index in [0.717, 1.165) is 0 Å². The Hall–Kier alpha value is -1.46. The number of carbonyl (C=O) groups excluding carboxylic acids is 2. The summed E-state index contributed by atoms with van der Waals surface area (Å²) in [6.07, 6.45) is -0.738. The number of benzene rings is 1. The summed E-state index contributed by atoms with van der Waals surface area (Å²) in [5.41, 5.74) is 0. The normalized spacial score (nSPS) is 13.1. The average molecular weight is 362 g/mol. The summed E-state index contributed by atoms with van der Waals surface area (Å²) in [5.74, 6) is -0.607. The van der Waals surface area contributed by atoms with Crippen LogP contribution in [0.15, 0.2) is 18.2 Å². The third kappa shape index (κ3) is 5.59. The predicted octanol–water partition coefficient (Wildman–Crippen LogP) is 3.42. The van der Waals surface area contributed by atoms with Crippen molar-refractivity contribution in [1.82, 2.24) is 4.90 Å². The van der Waals surface area contributed by atoms with Gasteiger partial charge in [-0.15, -0.1) is 0 Å². The molecule has 2 atom stereocenters. The van der Waals surface area contributed by atoms with Crippen molar-refractivity contribution in [2.75, 3.05) is 20.2 Å². The van der Waals surface area contributed by atoms with E-state index in [2.05, 4.69) is 4.74 Å². The highest BCUT2D eigenvalue weighted by atomic mass is 35.5. The molecule has 1 rings (SSSR count). The number of ether oxygens (including phenoxy) is 2. The van der Waals surface area contributed by atoms with Crippen LogP contribution in [0.1, 0.15) is 20.8 Å². The van der Waals surface area contributed by atoms with Crippen LogP contribution in [0.2, 0.25) is 10.0 Å². The Morgan fingerprint density at radius 3 is 2.43 bits per heavy atom. The van der Waals surface area contributed by atoms with Crippen molar-refractivity contribution >= 4 is 35.1 Å². The Labute approximate surface area is 146 Å². The Balaban J connectivity index is 2.74. The fourth-order valence-corrected chi connectivity index (χ4v) is 2.50. The molecule has 0 aromatic heterocycles. The maximum Gasteiger partial charge on any atom is 0.310 e. The number of carbonyl (C=O) groups is 2. The third-order valence-electron chi connectivity index (χ3n) is 3.34. The number of halogens is 2. The second-order valence-electron chi connectivity index (χ2n) is 5.14. The predicted molar refractivity (Wildman–Crippen MR) is 90.0 cm³/mol. The molecule has 0 saturated carbocycles. The van der Waals surface area contributed by atoms with Gasteiger partial charge in [-0.2, -0.15) is 0 Å². The number of nitrogens with zero attached hydrogens (tertiary/aromatic N) is 1. The monoisotopic (exact) mass is 361 g/mol. The number of likely N-dealkylation sites (N-methyl/N-ethyl adjacent to an activating group) is 1. The fourth-order valence-electron chi connectivity index (χ4n) is 2.05. The molecule has 0 aliphatic rings. The fraction of sp³-hybridized carbons (Fsp3) is 0.500. The SMILES string of the molecule is CCN(CC(C)C(=O)OC)C(=O)C(C)Oc1ccc(Cl)cc1Cl. The highest BCUT2D eigenvalue weighted by Crippen LogP contribution is 2.28. The summed E-state index contributed by atoms with van der Waals surface area (Å²) in [7, 11) is 1.32. The van der Waals surface area contributed by atoms with Crippen molar-refractivity contribution in [3.63, 3.8) is 0 Å². The van der Waals surface area contributed by atoms with Gasteiger partial charge in [-0.1, -0.05) is 30.1 Å². The van der Waals surface area contributed by atoms with Crippen LogP contribution in [0, 0.1) is 5.92 Å². The maximum atomic E-state index is 12.5. The molecule has 0 N–H and O–H groups in total. The largest absolute Gasteiger partial charge is 0.479 e. The number of amides is 1. The first-order chi connectivity index (χ1) is 10.8. The first-order valence-corrected chi connectivity index (χ1v) is 8.04. The number of rotatable bonds is 7. The molecule has 1 aromatic carbocycles. The lowest BCUT2D eigenvalue weighted by Crippen LogP contribution is -2.43. The van der Waals surface area contributed by atoms with E-state index in [0.29, 0.717) is 22.3 Å². The Bertz CT molecular complexity index is 565. The summed E-state index contributed by atoms with van der Waals surface area (Å²) in [6, 6.07) is 4.80. The Morgan fingerprint density at radius 1 is 1.26 bits per heavy atom. The first kappa shape index (κ1) is 19.6. The Morgan fingerprint density at radius 2 is 1.91 bits per heavy atom. The zero-order valence-corrected chi connectivity index (χ0v) is 15.1. The average Bonchev–Trinajstić information content (AvgIpc) is 2.53. The van der Waals surface area contributed by atoms with Gasteiger partial charge in [0.2, 0.25) is 0 Å². The number of hydrogen-bond acceptors (Lipinski definition) is 4. The van der Waals surface area contributed by atoms with Crippen LogP contribution in [0.5, 0.6) is 5.75 Å². The molecule has 0 spiro atoms. The van der Waals surface area contributed by atoms with E-state index in [9.17, 15) is 9.59 Å². The second-order valence-corrected chi connectivity index (χ2v) is 5.98. The van der Waals surface area contributed by atoms with Crippen molar-refractivity contribution < 1.29 is 19.1 Å². The van der Waals surface area contributed by atoms with E-state index in [-0.39, 0.29) is 18.4 Å². The third-order valence-corrected chi connectivity index (χ3v) is 3.87. The van der Waals surface area contributed by atoms with Gasteiger partial charge in [0.15, 0.2) is 6.10 Å².